The molecule has 0 bridgehead atoms. The number of benzene rings is 2. The van der Waals surface area contributed by atoms with E-state index in [1.54, 1.807) is 36.4 Å². The number of halogens is 1. The number of aromatic nitrogens is 3. The standard InChI is InChI=1S/C17H15FN6O/c1-11(25)20-13-5-7-14(8-6-13)22-17-23-16(10-19-24-17)21-15-4-2-3-12(18)9-15/h2-10H,1H3,(H,20,25)(H2,21,22,23,24). The highest BCUT2D eigenvalue weighted by Gasteiger charge is 2.03. The van der Waals surface area contributed by atoms with Gasteiger partial charge in [0.25, 0.3) is 0 Å². The van der Waals surface area contributed by atoms with Crippen molar-refractivity contribution in [3.8, 4) is 0 Å². The predicted octanol–water partition coefficient (Wildman–Crippen LogP) is 3.46. The number of anilines is 5. The molecule has 8 heteroatoms. The fourth-order valence-corrected chi connectivity index (χ4v) is 2.10. The molecule has 1 aromatic heterocycles. The molecule has 3 rings (SSSR count). The van der Waals surface area contributed by atoms with Crippen LogP contribution in [0.1, 0.15) is 6.92 Å². The molecule has 0 spiro atoms. The van der Waals surface area contributed by atoms with Gasteiger partial charge in [0.2, 0.25) is 11.9 Å². The highest BCUT2D eigenvalue weighted by Crippen LogP contribution is 2.19. The predicted molar refractivity (Wildman–Crippen MR) is 93.5 cm³/mol. The molecule has 1 amide bonds. The Morgan fingerprint density at radius 2 is 1.76 bits per heavy atom. The number of hydrogen-bond acceptors (Lipinski definition) is 6. The monoisotopic (exact) mass is 338 g/mol. The Morgan fingerprint density at radius 1 is 1.00 bits per heavy atom. The van der Waals surface area contributed by atoms with Crippen molar-refractivity contribution in [3.63, 3.8) is 0 Å². The van der Waals surface area contributed by atoms with Crippen molar-refractivity contribution in [1.82, 2.24) is 15.2 Å². The minimum absolute atomic E-state index is 0.135. The Kier molecular flexibility index (Phi) is 4.79. The summed E-state index contributed by atoms with van der Waals surface area (Å²) in [5.41, 5.74) is 1.99. The van der Waals surface area contributed by atoms with Gasteiger partial charge >= 0.3 is 0 Å². The maximum Gasteiger partial charge on any atom is 0.249 e. The van der Waals surface area contributed by atoms with Crippen LogP contribution in [0.5, 0.6) is 0 Å². The van der Waals surface area contributed by atoms with E-state index in [1.165, 1.54) is 25.3 Å². The lowest BCUT2D eigenvalue weighted by molar-refractivity contribution is -0.114. The molecule has 0 aliphatic rings. The van der Waals surface area contributed by atoms with E-state index < -0.39 is 0 Å². The van der Waals surface area contributed by atoms with Crippen LogP contribution in [0.25, 0.3) is 0 Å². The Bertz CT molecular complexity index is 884. The first-order valence-electron chi connectivity index (χ1n) is 7.45. The third-order valence-electron chi connectivity index (χ3n) is 3.12. The molecule has 0 aliphatic heterocycles. The van der Waals surface area contributed by atoms with Crippen LogP contribution >= 0.6 is 0 Å². The zero-order valence-electron chi connectivity index (χ0n) is 13.3. The van der Waals surface area contributed by atoms with Crippen molar-refractivity contribution in [1.29, 1.82) is 0 Å². The molecule has 0 unspecified atom stereocenters. The van der Waals surface area contributed by atoms with Crippen molar-refractivity contribution in [3.05, 3.63) is 60.5 Å². The van der Waals surface area contributed by atoms with Crippen molar-refractivity contribution in [2.24, 2.45) is 0 Å². The summed E-state index contributed by atoms with van der Waals surface area (Å²) in [7, 11) is 0. The Morgan fingerprint density at radius 3 is 2.48 bits per heavy atom. The zero-order valence-corrected chi connectivity index (χ0v) is 13.3. The summed E-state index contributed by atoms with van der Waals surface area (Å²) in [6.45, 7) is 1.45. The highest BCUT2D eigenvalue weighted by atomic mass is 19.1. The number of carbonyl (C=O) groups is 1. The van der Waals surface area contributed by atoms with Gasteiger partial charge in [-0.1, -0.05) is 6.07 Å². The topological polar surface area (TPSA) is 91.8 Å². The molecule has 0 aliphatic carbocycles. The van der Waals surface area contributed by atoms with E-state index in [0.29, 0.717) is 17.2 Å². The minimum Gasteiger partial charge on any atom is -0.339 e. The van der Waals surface area contributed by atoms with Gasteiger partial charge in [-0.2, -0.15) is 10.1 Å². The molecule has 2 aromatic carbocycles. The van der Waals surface area contributed by atoms with Crippen LogP contribution in [-0.2, 0) is 4.79 Å². The summed E-state index contributed by atoms with van der Waals surface area (Å²) in [6, 6.07) is 13.1. The van der Waals surface area contributed by atoms with E-state index in [9.17, 15) is 9.18 Å². The van der Waals surface area contributed by atoms with E-state index in [1.807, 2.05) is 0 Å². The number of hydrogen-bond donors (Lipinski definition) is 3. The molecule has 7 nitrogen and oxygen atoms in total. The SMILES string of the molecule is CC(=O)Nc1ccc(Nc2nncc(Nc3cccc(F)c3)n2)cc1. The van der Waals surface area contributed by atoms with E-state index in [2.05, 4.69) is 31.1 Å². The molecule has 0 radical (unpaired) electrons. The smallest absolute Gasteiger partial charge is 0.249 e. The molecule has 3 aromatic rings. The van der Waals surface area contributed by atoms with Crippen LogP contribution in [0.15, 0.2) is 54.7 Å². The summed E-state index contributed by atoms with van der Waals surface area (Å²) >= 11 is 0. The van der Waals surface area contributed by atoms with Gasteiger partial charge in [0.15, 0.2) is 5.82 Å². The van der Waals surface area contributed by atoms with Crippen molar-refractivity contribution < 1.29 is 9.18 Å². The largest absolute Gasteiger partial charge is 0.339 e. The van der Waals surface area contributed by atoms with E-state index >= 15 is 0 Å². The van der Waals surface area contributed by atoms with Crippen LogP contribution in [0, 0.1) is 5.82 Å². The summed E-state index contributed by atoms with van der Waals surface area (Å²) in [5.74, 6) is 0.237. The van der Waals surface area contributed by atoms with Crippen molar-refractivity contribution >= 4 is 34.7 Å². The van der Waals surface area contributed by atoms with Gasteiger partial charge in [0, 0.05) is 24.0 Å². The van der Waals surface area contributed by atoms with Gasteiger partial charge in [-0.25, -0.2) is 4.39 Å². The van der Waals surface area contributed by atoms with Crippen LogP contribution < -0.4 is 16.0 Å². The lowest BCUT2D eigenvalue weighted by Crippen LogP contribution is -2.06. The summed E-state index contributed by atoms with van der Waals surface area (Å²) in [6.07, 6.45) is 1.44. The van der Waals surface area contributed by atoms with E-state index in [4.69, 9.17) is 0 Å². The third kappa shape index (κ3) is 4.71. The van der Waals surface area contributed by atoms with Crippen molar-refractivity contribution in [2.45, 2.75) is 6.92 Å². The average Bonchev–Trinajstić information content (AvgIpc) is 2.57. The van der Waals surface area contributed by atoms with Crippen molar-refractivity contribution in [2.75, 3.05) is 16.0 Å². The van der Waals surface area contributed by atoms with Gasteiger partial charge in [-0.3, -0.25) is 4.79 Å². The second-order valence-corrected chi connectivity index (χ2v) is 5.18. The number of nitrogens with zero attached hydrogens (tertiary/aromatic N) is 3. The molecule has 0 saturated heterocycles. The van der Waals surface area contributed by atoms with Gasteiger partial charge < -0.3 is 16.0 Å². The highest BCUT2D eigenvalue weighted by molar-refractivity contribution is 5.88. The average molecular weight is 338 g/mol. The lowest BCUT2D eigenvalue weighted by atomic mass is 10.3. The van der Waals surface area contributed by atoms with Gasteiger partial charge in [0.1, 0.15) is 5.82 Å². The zero-order chi connectivity index (χ0) is 17.6. The molecule has 25 heavy (non-hydrogen) atoms. The molecule has 3 N–H and O–H groups in total. The van der Waals surface area contributed by atoms with Gasteiger partial charge in [-0.05, 0) is 42.5 Å². The van der Waals surface area contributed by atoms with Crippen LogP contribution in [-0.4, -0.2) is 21.1 Å². The second kappa shape index (κ2) is 7.35. The first-order chi connectivity index (χ1) is 12.1. The molecule has 126 valence electrons. The third-order valence-corrected chi connectivity index (χ3v) is 3.12. The van der Waals surface area contributed by atoms with Gasteiger partial charge in [0.05, 0.1) is 6.20 Å². The quantitative estimate of drug-likeness (QED) is 0.660. The summed E-state index contributed by atoms with van der Waals surface area (Å²) in [5, 5.41) is 16.4. The number of carbonyl (C=O) groups excluding carboxylic acids is 1. The molecule has 0 fully saturated rings. The Labute approximate surface area is 143 Å². The lowest BCUT2D eigenvalue weighted by Gasteiger charge is -2.08. The number of rotatable bonds is 5. The number of nitrogens with one attached hydrogen (secondary N) is 3. The molecule has 1 heterocycles. The molecular weight excluding hydrogens is 323 g/mol. The number of amides is 1. The maximum atomic E-state index is 13.2. The summed E-state index contributed by atoms with van der Waals surface area (Å²) in [4.78, 5) is 15.3. The molecule has 0 atom stereocenters. The fourth-order valence-electron chi connectivity index (χ4n) is 2.10. The minimum atomic E-state index is -0.343. The maximum absolute atomic E-state index is 13.2. The van der Waals surface area contributed by atoms with Crippen LogP contribution in [0.3, 0.4) is 0 Å². The fraction of sp³-hybridized carbons (Fsp3) is 0.0588. The Balaban J connectivity index is 1.70. The van der Waals surface area contributed by atoms with E-state index in [0.717, 1.165) is 5.69 Å². The Hall–Kier alpha value is -3.55. The molecule has 0 saturated carbocycles. The normalized spacial score (nSPS) is 10.2. The molecular formula is C17H15FN6O. The van der Waals surface area contributed by atoms with Crippen LogP contribution in [0.2, 0.25) is 0 Å². The summed E-state index contributed by atoms with van der Waals surface area (Å²) < 4.78 is 13.2. The van der Waals surface area contributed by atoms with Crippen LogP contribution in [0.4, 0.5) is 33.2 Å². The van der Waals surface area contributed by atoms with E-state index in [-0.39, 0.29) is 17.7 Å². The first kappa shape index (κ1) is 16.3. The van der Waals surface area contributed by atoms with Gasteiger partial charge in [-0.15, -0.1) is 5.10 Å². The first-order valence-corrected chi connectivity index (χ1v) is 7.45. The second-order valence-electron chi connectivity index (χ2n) is 5.18.